The Morgan fingerprint density at radius 2 is 1.25 bits per heavy atom. The summed E-state index contributed by atoms with van der Waals surface area (Å²) < 4.78 is 10.8. The zero-order valence-electron chi connectivity index (χ0n) is 31.0. The second kappa shape index (κ2) is 20.7. The van der Waals surface area contributed by atoms with E-state index in [1.165, 1.54) is 0 Å². The molecule has 4 amide bonds. The molecule has 51 heavy (non-hydrogen) atoms. The summed E-state index contributed by atoms with van der Waals surface area (Å²) >= 11 is 0. The van der Waals surface area contributed by atoms with Crippen molar-refractivity contribution in [2.75, 3.05) is 6.54 Å². The number of carbonyl (C=O) groups excluding carboxylic acids is 5. The fraction of sp³-hybridized carbons (Fsp3) is 0.629. The number of benzene rings is 1. The maximum atomic E-state index is 13.8. The quantitative estimate of drug-likeness (QED) is 0.0470. The van der Waals surface area contributed by atoms with Crippen LogP contribution in [0.1, 0.15) is 93.1 Å². The van der Waals surface area contributed by atoms with E-state index < -0.39 is 77.5 Å². The van der Waals surface area contributed by atoms with E-state index in [1.54, 1.807) is 71.9 Å². The molecule has 9 N–H and O–H groups in total. The SMILES string of the molecule is CC(C)C[C@H](NC(=O)[C@H](CCC(=O)O)NC(=O)[C@H](CCCN=C(N)N)NC(=O)[C@H](Cc1ccccc1)NC(=O)OC(C)(C)C)C(=O)OC(C)(C)C. The first-order chi connectivity index (χ1) is 23.6. The molecule has 0 bridgehead atoms. The fourth-order valence-electron chi connectivity index (χ4n) is 4.69. The topological polar surface area (TPSA) is 254 Å². The van der Waals surface area contributed by atoms with Crippen LogP contribution in [-0.4, -0.2) is 88.7 Å². The molecule has 0 unspecified atom stereocenters. The number of amides is 4. The van der Waals surface area contributed by atoms with E-state index in [1.807, 2.05) is 13.8 Å². The highest BCUT2D eigenvalue weighted by molar-refractivity contribution is 5.95. The van der Waals surface area contributed by atoms with Gasteiger partial charge in [-0.1, -0.05) is 44.2 Å². The molecule has 0 spiro atoms. The van der Waals surface area contributed by atoms with Crippen LogP contribution in [0.5, 0.6) is 0 Å². The molecule has 1 rings (SSSR count). The number of guanidine groups is 1. The summed E-state index contributed by atoms with van der Waals surface area (Å²) in [5, 5.41) is 19.8. The van der Waals surface area contributed by atoms with Crippen LogP contribution in [0.3, 0.4) is 0 Å². The molecule has 1 aromatic carbocycles. The molecule has 16 heteroatoms. The average Bonchev–Trinajstić information content (AvgIpc) is 2.98. The normalized spacial score (nSPS) is 13.8. The van der Waals surface area contributed by atoms with Crippen LogP contribution in [0.25, 0.3) is 0 Å². The van der Waals surface area contributed by atoms with E-state index in [2.05, 4.69) is 26.3 Å². The Bertz CT molecular complexity index is 1350. The van der Waals surface area contributed by atoms with Crippen LogP contribution in [0.15, 0.2) is 35.3 Å². The van der Waals surface area contributed by atoms with Gasteiger partial charge in [-0.25, -0.2) is 9.59 Å². The van der Waals surface area contributed by atoms with Gasteiger partial charge in [0.05, 0.1) is 0 Å². The third kappa shape index (κ3) is 19.8. The lowest BCUT2D eigenvalue weighted by Crippen LogP contribution is -2.58. The summed E-state index contributed by atoms with van der Waals surface area (Å²) in [5.74, 6) is -4.44. The van der Waals surface area contributed by atoms with Gasteiger partial charge in [0.1, 0.15) is 35.4 Å². The molecule has 0 aliphatic carbocycles. The van der Waals surface area contributed by atoms with Gasteiger partial charge in [-0.2, -0.15) is 0 Å². The summed E-state index contributed by atoms with van der Waals surface area (Å²) in [5.41, 5.74) is 9.90. The van der Waals surface area contributed by atoms with Crippen molar-refractivity contribution < 1.29 is 43.3 Å². The highest BCUT2D eigenvalue weighted by Crippen LogP contribution is 2.14. The fourth-order valence-corrected chi connectivity index (χ4v) is 4.69. The number of aliphatic carboxylic acids is 1. The number of esters is 1. The van der Waals surface area contributed by atoms with Gasteiger partial charge in [0.15, 0.2) is 5.96 Å². The van der Waals surface area contributed by atoms with Crippen molar-refractivity contribution in [3.63, 3.8) is 0 Å². The van der Waals surface area contributed by atoms with Crippen LogP contribution in [0, 0.1) is 5.92 Å². The Morgan fingerprint density at radius 3 is 1.75 bits per heavy atom. The number of carbonyl (C=O) groups is 6. The summed E-state index contributed by atoms with van der Waals surface area (Å²) in [6, 6.07) is 3.96. The molecule has 0 fully saturated rings. The zero-order valence-corrected chi connectivity index (χ0v) is 31.0. The number of nitrogens with zero attached hydrogens (tertiary/aromatic N) is 1. The van der Waals surface area contributed by atoms with Gasteiger partial charge in [0, 0.05) is 19.4 Å². The highest BCUT2D eigenvalue weighted by atomic mass is 16.6. The minimum atomic E-state index is -1.40. The number of hydrogen-bond acceptors (Lipinski definition) is 9. The maximum absolute atomic E-state index is 13.8. The molecular weight excluding hydrogens is 662 g/mol. The lowest BCUT2D eigenvalue weighted by Gasteiger charge is -2.28. The Balaban J connectivity index is 3.38. The molecule has 0 saturated carbocycles. The van der Waals surface area contributed by atoms with Crippen molar-refractivity contribution in [3.05, 3.63) is 35.9 Å². The number of carboxylic acid groups (broad SMARTS) is 1. The molecule has 0 aliphatic heterocycles. The number of carboxylic acids is 1. The summed E-state index contributed by atoms with van der Waals surface area (Å²) in [6.45, 7) is 13.9. The van der Waals surface area contributed by atoms with Crippen molar-refractivity contribution in [2.45, 2.75) is 129 Å². The number of aliphatic imine (C=N–C) groups is 1. The van der Waals surface area contributed by atoms with Gasteiger partial charge in [-0.3, -0.25) is 24.2 Å². The minimum absolute atomic E-state index is 0.000000449. The van der Waals surface area contributed by atoms with Gasteiger partial charge in [0.2, 0.25) is 17.7 Å². The molecule has 0 saturated heterocycles. The highest BCUT2D eigenvalue weighted by Gasteiger charge is 2.33. The number of nitrogens with one attached hydrogen (secondary N) is 4. The summed E-state index contributed by atoms with van der Waals surface area (Å²) in [6.07, 6.45) is -1.16. The monoisotopic (exact) mass is 719 g/mol. The second-order valence-electron chi connectivity index (χ2n) is 14.6. The van der Waals surface area contributed by atoms with Crippen molar-refractivity contribution in [3.8, 4) is 0 Å². The van der Waals surface area contributed by atoms with E-state index >= 15 is 0 Å². The van der Waals surface area contributed by atoms with Crippen molar-refractivity contribution in [2.24, 2.45) is 22.4 Å². The molecule has 0 heterocycles. The number of ether oxygens (including phenoxy) is 2. The molecule has 0 aliphatic rings. The Morgan fingerprint density at radius 1 is 0.745 bits per heavy atom. The zero-order chi connectivity index (χ0) is 38.9. The lowest BCUT2D eigenvalue weighted by atomic mass is 10.0. The minimum Gasteiger partial charge on any atom is -0.481 e. The van der Waals surface area contributed by atoms with E-state index in [0.717, 1.165) is 0 Å². The second-order valence-corrected chi connectivity index (χ2v) is 14.6. The van der Waals surface area contributed by atoms with Gasteiger partial charge in [-0.15, -0.1) is 0 Å². The third-order valence-electron chi connectivity index (χ3n) is 6.86. The first-order valence-electron chi connectivity index (χ1n) is 17.0. The summed E-state index contributed by atoms with van der Waals surface area (Å²) in [7, 11) is 0. The number of nitrogens with two attached hydrogens (primary N) is 2. The average molecular weight is 720 g/mol. The number of alkyl carbamates (subject to hydrolysis) is 1. The Labute approximate surface area is 300 Å². The Kier molecular flexibility index (Phi) is 17.9. The van der Waals surface area contributed by atoms with Crippen LogP contribution >= 0.6 is 0 Å². The molecule has 0 aromatic heterocycles. The molecule has 1 aromatic rings. The third-order valence-corrected chi connectivity index (χ3v) is 6.86. The number of hydrogen-bond donors (Lipinski definition) is 7. The van der Waals surface area contributed by atoms with Gasteiger partial charge < -0.3 is 47.3 Å². The molecule has 286 valence electrons. The predicted molar refractivity (Wildman–Crippen MR) is 191 cm³/mol. The lowest BCUT2D eigenvalue weighted by molar-refractivity contribution is -0.159. The smallest absolute Gasteiger partial charge is 0.408 e. The standard InChI is InChI=1S/C35H57N7O9/c1-21(2)19-26(31(48)50-34(3,4)5)41-29(46)24(16-17-27(43)44)40-28(45)23(15-12-18-38-32(36)37)39-30(47)25(20-22-13-10-9-11-14-22)42-33(49)51-35(6,7)8/h9-11,13-14,21,23-26H,12,15-20H2,1-8H3,(H,39,47)(H,40,45)(H,41,46)(H,42,49)(H,43,44)(H4,36,37,38)/t23-,24-,25-,26-/m0/s1. The molecule has 4 atom stereocenters. The Hall–Kier alpha value is -4.89. The first-order valence-corrected chi connectivity index (χ1v) is 17.0. The number of rotatable bonds is 19. The van der Waals surface area contributed by atoms with E-state index in [9.17, 15) is 33.9 Å². The van der Waals surface area contributed by atoms with Crippen molar-refractivity contribution in [1.82, 2.24) is 21.3 Å². The largest absolute Gasteiger partial charge is 0.481 e. The first kappa shape index (κ1) is 44.1. The van der Waals surface area contributed by atoms with Crippen LogP contribution in [-0.2, 0) is 39.9 Å². The van der Waals surface area contributed by atoms with Crippen molar-refractivity contribution in [1.29, 1.82) is 0 Å². The van der Waals surface area contributed by atoms with E-state index in [0.29, 0.717) is 5.56 Å². The van der Waals surface area contributed by atoms with Crippen LogP contribution in [0.4, 0.5) is 4.79 Å². The van der Waals surface area contributed by atoms with Crippen molar-refractivity contribution >= 4 is 41.7 Å². The van der Waals surface area contributed by atoms with E-state index in [4.69, 9.17) is 20.9 Å². The van der Waals surface area contributed by atoms with Gasteiger partial charge >= 0.3 is 18.0 Å². The van der Waals surface area contributed by atoms with Crippen LogP contribution in [0.2, 0.25) is 0 Å². The van der Waals surface area contributed by atoms with Crippen LogP contribution < -0.4 is 32.7 Å². The molecular formula is C35H57N7O9. The maximum Gasteiger partial charge on any atom is 0.408 e. The predicted octanol–water partition coefficient (Wildman–Crippen LogP) is 1.88. The van der Waals surface area contributed by atoms with Gasteiger partial charge in [-0.05, 0) is 78.7 Å². The van der Waals surface area contributed by atoms with E-state index in [-0.39, 0.29) is 50.5 Å². The summed E-state index contributed by atoms with van der Waals surface area (Å²) in [4.78, 5) is 82.2. The van der Waals surface area contributed by atoms with Gasteiger partial charge in [0.25, 0.3) is 0 Å². The molecule has 0 radical (unpaired) electrons. The molecule has 16 nitrogen and oxygen atoms in total.